The maximum atomic E-state index is 12.1. The Bertz CT molecular complexity index is 799. The van der Waals surface area contributed by atoms with E-state index in [0.717, 1.165) is 21.5 Å². The molecule has 0 bridgehead atoms. The first-order valence-electron chi connectivity index (χ1n) is 7.42. The van der Waals surface area contributed by atoms with Gasteiger partial charge in [-0.2, -0.15) is 0 Å². The summed E-state index contributed by atoms with van der Waals surface area (Å²) in [7, 11) is 0. The smallest absolute Gasteiger partial charge is 0.264 e. The van der Waals surface area contributed by atoms with Gasteiger partial charge in [-0.1, -0.05) is 28.1 Å². The van der Waals surface area contributed by atoms with Crippen molar-refractivity contribution < 1.29 is 9.53 Å². The number of halogens is 1. The molecule has 1 N–H and O–H groups in total. The fraction of sp³-hybridized carbons (Fsp3) is 0.111. The molecule has 1 aliphatic rings. The largest absolute Gasteiger partial charge is 0.494 e. The Morgan fingerprint density at radius 3 is 2.54 bits per heavy atom. The molecule has 6 heteroatoms. The second-order valence-electron chi connectivity index (χ2n) is 4.96. The third kappa shape index (κ3) is 4.27. The van der Waals surface area contributed by atoms with Gasteiger partial charge < -0.3 is 10.1 Å². The van der Waals surface area contributed by atoms with E-state index < -0.39 is 0 Å². The predicted octanol–water partition coefficient (Wildman–Crippen LogP) is 4.74. The number of amidine groups is 1. The maximum absolute atomic E-state index is 12.1. The summed E-state index contributed by atoms with van der Waals surface area (Å²) < 4.78 is 6.41. The molecule has 1 fully saturated rings. The number of benzene rings is 2. The molecule has 2 aromatic rings. The molecule has 24 heavy (non-hydrogen) atoms. The first-order chi connectivity index (χ1) is 11.6. The lowest BCUT2D eigenvalue weighted by Gasteiger charge is -2.02. The first-order valence-corrected chi connectivity index (χ1v) is 9.03. The highest BCUT2D eigenvalue weighted by atomic mass is 79.9. The lowest BCUT2D eigenvalue weighted by atomic mass is 10.2. The van der Waals surface area contributed by atoms with Crippen LogP contribution >= 0.6 is 27.7 Å². The Kier molecular flexibility index (Phi) is 5.37. The van der Waals surface area contributed by atoms with Crippen molar-refractivity contribution in [3.05, 3.63) is 63.5 Å². The van der Waals surface area contributed by atoms with E-state index in [1.165, 1.54) is 11.8 Å². The van der Waals surface area contributed by atoms with Crippen LogP contribution in [0, 0.1) is 0 Å². The molecule has 0 unspecified atom stereocenters. The van der Waals surface area contributed by atoms with E-state index in [4.69, 9.17) is 4.74 Å². The van der Waals surface area contributed by atoms with Crippen LogP contribution in [0.1, 0.15) is 12.5 Å². The molecule has 1 heterocycles. The van der Waals surface area contributed by atoms with E-state index in [2.05, 4.69) is 26.2 Å². The number of hydrogen-bond acceptors (Lipinski definition) is 4. The third-order valence-electron chi connectivity index (χ3n) is 3.20. The molecule has 0 aromatic heterocycles. The second kappa shape index (κ2) is 7.68. The van der Waals surface area contributed by atoms with Gasteiger partial charge in [0.1, 0.15) is 5.75 Å². The van der Waals surface area contributed by atoms with E-state index in [-0.39, 0.29) is 5.91 Å². The fourth-order valence-corrected chi connectivity index (χ4v) is 3.20. The van der Waals surface area contributed by atoms with E-state index in [1.54, 1.807) is 0 Å². The standard InChI is InChI=1S/C18H15BrN2O2S/c1-2-23-15-9-7-14(8-10-15)20-18-21-17(22)16(24-18)11-12-3-5-13(19)6-4-12/h3-11H,2H2,1H3,(H,20,21,22). The van der Waals surface area contributed by atoms with Gasteiger partial charge in [0.25, 0.3) is 5.91 Å². The van der Waals surface area contributed by atoms with Gasteiger partial charge in [0.2, 0.25) is 0 Å². The van der Waals surface area contributed by atoms with Crippen LogP contribution in [0.15, 0.2) is 62.9 Å². The van der Waals surface area contributed by atoms with Crippen molar-refractivity contribution in [3.63, 3.8) is 0 Å². The number of rotatable bonds is 4. The van der Waals surface area contributed by atoms with Gasteiger partial charge in [-0.05, 0) is 66.7 Å². The number of nitrogens with one attached hydrogen (secondary N) is 1. The summed E-state index contributed by atoms with van der Waals surface area (Å²) in [5.41, 5.74) is 1.74. The summed E-state index contributed by atoms with van der Waals surface area (Å²) in [5.74, 6) is 0.674. The van der Waals surface area contributed by atoms with Crippen LogP contribution in [0.4, 0.5) is 5.69 Å². The molecule has 0 saturated carbocycles. The lowest BCUT2D eigenvalue weighted by Crippen LogP contribution is -2.19. The lowest BCUT2D eigenvalue weighted by molar-refractivity contribution is -0.115. The van der Waals surface area contributed by atoms with Crippen molar-refractivity contribution in [1.82, 2.24) is 5.32 Å². The summed E-state index contributed by atoms with van der Waals surface area (Å²) >= 11 is 4.73. The normalized spacial score (nSPS) is 17.3. The Labute approximate surface area is 153 Å². The second-order valence-corrected chi connectivity index (χ2v) is 6.91. The number of amides is 1. The van der Waals surface area contributed by atoms with Crippen LogP contribution in [0.2, 0.25) is 0 Å². The van der Waals surface area contributed by atoms with Crippen molar-refractivity contribution in [2.75, 3.05) is 6.61 Å². The molecule has 1 saturated heterocycles. The molecule has 2 aromatic carbocycles. The van der Waals surface area contributed by atoms with E-state index >= 15 is 0 Å². The van der Waals surface area contributed by atoms with Crippen LogP contribution in [0.5, 0.6) is 5.75 Å². The minimum absolute atomic E-state index is 0.132. The minimum Gasteiger partial charge on any atom is -0.494 e. The monoisotopic (exact) mass is 402 g/mol. The molecule has 1 aliphatic heterocycles. The van der Waals surface area contributed by atoms with Gasteiger partial charge in [0, 0.05) is 4.47 Å². The molecule has 122 valence electrons. The summed E-state index contributed by atoms with van der Waals surface area (Å²) in [5, 5.41) is 3.37. The van der Waals surface area contributed by atoms with Gasteiger partial charge >= 0.3 is 0 Å². The van der Waals surface area contributed by atoms with E-state index in [9.17, 15) is 4.79 Å². The average Bonchev–Trinajstić information content (AvgIpc) is 2.91. The SMILES string of the molecule is CCOc1ccc(N=C2NC(=O)C(=Cc3ccc(Br)cc3)S2)cc1. The number of nitrogens with zero attached hydrogens (tertiary/aromatic N) is 1. The number of aliphatic imine (C=N–C) groups is 1. The maximum Gasteiger partial charge on any atom is 0.264 e. The van der Waals surface area contributed by atoms with Gasteiger partial charge in [0.05, 0.1) is 17.2 Å². The quantitative estimate of drug-likeness (QED) is 0.751. The highest BCUT2D eigenvalue weighted by molar-refractivity contribution is 9.10. The number of hydrogen-bond donors (Lipinski definition) is 1. The van der Waals surface area contributed by atoms with Gasteiger partial charge in [-0.15, -0.1) is 0 Å². The van der Waals surface area contributed by atoms with Crippen molar-refractivity contribution in [2.24, 2.45) is 4.99 Å². The van der Waals surface area contributed by atoms with E-state index in [1.807, 2.05) is 61.5 Å². The summed E-state index contributed by atoms with van der Waals surface area (Å²) in [6.07, 6.45) is 1.85. The zero-order valence-corrected chi connectivity index (χ0v) is 15.4. The van der Waals surface area contributed by atoms with E-state index in [0.29, 0.717) is 16.7 Å². The molecular formula is C18H15BrN2O2S. The van der Waals surface area contributed by atoms with Gasteiger partial charge in [0.15, 0.2) is 5.17 Å². The number of thioether (sulfide) groups is 1. The Balaban J connectivity index is 1.75. The summed E-state index contributed by atoms with van der Waals surface area (Å²) in [4.78, 5) is 17.2. The molecule has 0 atom stereocenters. The predicted molar refractivity (Wildman–Crippen MR) is 103 cm³/mol. The number of carbonyl (C=O) groups is 1. The van der Waals surface area contributed by atoms with Crippen LogP contribution in [-0.2, 0) is 4.79 Å². The highest BCUT2D eigenvalue weighted by Crippen LogP contribution is 2.28. The molecule has 1 amide bonds. The number of carbonyl (C=O) groups excluding carboxylic acids is 1. The van der Waals surface area contributed by atoms with Crippen molar-refractivity contribution in [1.29, 1.82) is 0 Å². The van der Waals surface area contributed by atoms with Gasteiger partial charge in [-0.25, -0.2) is 4.99 Å². The molecule has 0 aliphatic carbocycles. The zero-order valence-electron chi connectivity index (χ0n) is 13.0. The summed E-state index contributed by atoms with van der Waals surface area (Å²) in [6, 6.07) is 15.2. The third-order valence-corrected chi connectivity index (χ3v) is 4.64. The minimum atomic E-state index is -0.132. The van der Waals surface area contributed by atoms with Crippen LogP contribution in [0.3, 0.4) is 0 Å². The molecule has 0 radical (unpaired) electrons. The molecule has 3 rings (SSSR count). The Morgan fingerprint density at radius 1 is 1.17 bits per heavy atom. The molecule has 4 nitrogen and oxygen atoms in total. The van der Waals surface area contributed by atoms with Crippen LogP contribution < -0.4 is 10.1 Å². The van der Waals surface area contributed by atoms with Crippen LogP contribution in [0.25, 0.3) is 6.08 Å². The van der Waals surface area contributed by atoms with Gasteiger partial charge in [-0.3, -0.25) is 4.79 Å². The highest BCUT2D eigenvalue weighted by Gasteiger charge is 2.23. The average molecular weight is 403 g/mol. The topological polar surface area (TPSA) is 50.7 Å². The van der Waals surface area contributed by atoms with Crippen LogP contribution in [-0.4, -0.2) is 17.7 Å². The first kappa shape index (κ1) is 16.8. The Hall–Kier alpha value is -2.05. The summed E-state index contributed by atoms with van der Waals surface area (Å²) in [6.45, 7) is 2.57. The zero-order chi connectivity index (χ0) is 16.9. The molecule has 0 spiro atoms. The van der Waals surface area contributed by atoms with Crippen molar-refractivity contribution in [2.45, 2.75) is 6.92 Å². The molecular weight excluding hydrogens is 388 g/mol. The van der Waals surface area contributed by atoms with Crippen molar-refractivity contribution in [3.8, 4) is 5.75 Å². The van der Waals surface area contributed by atoms with Crippen molar-refractivity contribution >= 4 is 50.5 Å². The Morgan fingerprint density at radius 2 is 1.88 bits per heavy atom. The number of ether oxygens (including phenoxy) is 1. The fourth-order valence-electron chi connectivity index (χ4n) is 2.09.